The normalized spacial score (nSPS) is 32.6. The highest BCUT2D eigenvalue weighted by molar-refractivity contribution is 7.07. The van der Waals surface area contributed by atoms with E-state index in [0.717, 1.165) is 18.4 Å². The third kappa shape index (κ3) is 2.17. The lowest BCUT2D eigenvalue weighted by molar-refractivity contribution is -0.0128. The standard InChI is InChI=1S/C13H21NOS/c1-10-3-2-5-13(7-10,9-14)12(15)11-4-6-16-8-11/h4,6,8,10,12,15H,2-3,5,7,9,14H2,1H3. The lowest BCUT2D eigenvalue weighted by atomic mass is 9.66. The summed E-state index contributed by atoms with van der Waals surface area (Å²) in [6.07, 6.45) is 4.20. The van der Waals surface area contributed by atoms with Crippen LogP contribution in [0, 0.1) is 11.3 Å². The molecule has 0 bridgehead atoms. The van der Waals surface area contributed by atoms with Crippen LogP contribution in [0.5, 0.6) is 0 Å². The molecule has 16 heavy (non-hydrogen) atoms. The van der Waals surface area contributed by atoms with Gasteiger partial charge in [0, 0.05) is 12.0 Å². The van der Waals surface area contributed by atoms with Gasteiger partial charge in [0.1, 0.15) is 0 Å². The van der Waals surface area contributed by atoms with Crippen LogP contribution in [0.25, 0.3) is 0 Å². The molecule has 90 valence electrons. The fourth-order valence-corrected chi connectivity index (χ4v) is 3.71. The summed E-state index contributed by atoms with van der Waals surface area (Å²) in [4.78, 5) is 0. The van der Waals surface area contributed by atoms with Crippen molar-refractivity contribution in [2.75, 3.05) is 6.54 Å². The molecule has 1 aliphatic rings. The predicted octanol–water partition coefficient (Wildman–Crippen LogP) is 2.94. The Morgan fingerprint density at radius 1 is 1.69 bits per heavy atom. The quantitative estimate of drug-likeness (QED) is 0.852. The van der Waals surface area contributed by atoms with Crippen molar-refractivity contribution in [1.29, 1.82) is 0 Å². The second-order valence-corrected chi connectivity index (χ2v) is 6.01. The molecule has 0 saturated heterocycles. The van der Waals surface area contributed by atoms with Gasteiger partial charge < -0.3 is 10.8 Å². The Bertz CT molecular complexity index is 325. The molecule has 2 rings (SSSR count). The van der Waals surface area contributed by atoms with Crippen LogP contribution in [0.4, 0.5) is 0 Å². The van der Waals surface area contributed by atoms with Gasteiger partial charge in [-0.05, 0) is 41.1 Å². The van der Waals surface area contributed by atoms with E-state index in [1.807, 2.05) is 16.8 Å². The van der Waals surface area contributed by atoms with Crippen LogP contribution in [-0.4, -0.2) is 11.7 Å². The van der Waals surface area contributed by atoms with Crippen molar-refractivity contribution in [3.63, 3.8) is 0 Å². The molecular weight excluding hydrogens is 218 g/mol. The second kappa shape index (κ2) is 4.86. The summed E-state index contributed by atoms with van der Waals surface area (Å²) in [7, 11) is 0. The van der Waals surface area contributed by atoms with Gasteiger partial charge in [-0.1, -0.05) is 19.8 Å². The van der Waals surface area contributed by atoms with E-state index in [-0.39, 0.29) is 11.5 Å². The highest BCUT2D eigenvalue weighted by atomic mass is 32.1. The van der Waals surface area contributed by atoms with E-state index in [9.17, 15) is 5.11 Å². The van der Waals surface area contributed by atoms with Crippen molar-refractivity contribution in [3.8, 4) is 0 Å². The van der Waals surface area contributed by atoms with Crippen molar-refractivity contribution in [3.05, 3.63) is 22.4 Å². The molecule has 3 N–H and O–H groups in total. The lowest BCUT2D eigenvalue weighted by Gasteiger charge is -2.42. The molecule has 3 unspecified atom stereocenters. The lowest BCUT2D eigenvalue weighted by Crippen LogP contribution is -2.40. The molecule has 0 spiro atoms. The van der Waals surface area contributed by atoms with Crippen LogP contribution in [-0.2, 0) is 0 Å². The average Bonchev–Trinajstić information content (AvgIpc) is 2.81. The van der Waals surface area contributed by atoms with E-state index in [1.54, 1.807) is 11.3 Å². The predicted molar refractivity (Wildman–Crippen MR) is 68.4 cm³/mol. The van der Waals surface area contributed by atoms with Crippen molar-refractivity contribution in [1.82, 2.24) is 0 Å². The molecule has 0 aromatic carbocycles. The first-order valence-electron chi connectivity index (χ1n) is 6.08. The summed E-state index contributed by atoms with van der Waals surface area (Å²) < 4.78 is 0. The summed E-state index contributed by atoms with van der Waals surface area (Å²) in [6.45, 7) is 2.86. The third-order valence-corrected chi connectivity index (χ3v) is 4.67. The van der Waals surface area contributed by atoms with E-state index in [2.05, 4.69) is 6.92 Å². The van der Waals surface area contributed by atoms with Crippen LogP contribution in [0.15, 0.2) is 16.8 Å². The number of rotatable bonds is 3. The Hall–Kier alpha value is -0.380. The van der Waals surface area contributed by atoms with Crippen molar-refractivity contribution >= 4 is 11.3 Å². The van der Waals surface area contributed by atoms with Gasteiger partial charge in [0.15, 0.2) is 0 Å². The first-order valence-corrected chi connectivity index (χ1v) is 7.02. The Morgan fingerprint density at radius 3 is 3.06 bits per heavy atom. The molecule has 1 aromatic rings. The monoisotopic (exact) mass is 239 g/mol. The highest BCUT2D eigenvalue weighted by Crippen LogP contribution is 2.47. The molecule has 0 aliphatic heterocycles. The Labute approximate surface area is 101 Å². The summed E-state index contributed by atoms with van der Waals surface area (Å²) in [5.74, 6) is 0.686. The van der Waals surface area contributed by atoms with Gasteiger partial charge in [-0.3, -0.25) is 0 Å². The van der Waals surface area contributed by atoms with Crippen molar-refractivity contribution in [2.45, 2.75) is 38.7 Å². The fraction of sp³-hybridized carbons (Fsp3) is 0.692. The zero-order valence-corrected chi connectivity index (χ0v) is 10.7. The Morgan fingerprint density at radius 2 is 2.50 bits per heavy atom. The number of hydrogen-bond donors (Lipinski definition) is 2. The number of thiophene rings is 1. The van der Waals surface area contributed by atoms with Gasteiger partial charge in [0.05, 0.1) is 6.10 Å². The molecule has 1 heterocycles. The van der Waals surface area contributed by atoms with Gasteiger partial charge in [-0.25, -0.2) is 0 Å². The molecule has 3 atom stereocenters. The van der Waals surface area contributed by atoms with Gasteiger partial charge in [0.25, 0.3) is 0 Å². The summed E-state index contributed by atoms with van der Waals surface area (Å²) in [5, 5.41) is 14.6. The zero-order chi connectivity index (χ0) is 11.6. The molecule has 1 saturated carbocycles. The maximum atomic E-state index is 10.5. The second-order valence-electron chi connectivity index (χ2n) is 5.23. The average molecular weight is 239 g/mol. The van der Waals surface area contributed by atoms with Crippen molar-refractivity contribution in [2.24, 2.45) is 17.1 Å². The van der Waals surface area contributed by atoms with Gasteiger partial charge in [-0.15, -0.1) is 0 Å². The first-order chi connectivity index (χ1) is 7.68. The molecule has 1 aliphatic carbocycles. The number of aliphatic hydroxyl groups excluding tert-OH is 1. The Balaban J connectivity index is 2.20. The highest BCUT2D eigenvalue weighted by Gasteiger charge is 2.40. The van der Waals surface area contributed by atoms with Gasteiger partial charge >= 0.3 is 0 Å². The topological polar surface area (TPSA) is 46.2 Å². The first kappa shape index (κ1) is 12.1. The maximum absolute atomic E-state index is 10.5. The fourth-order valence-electron chi connectivity index (χ4n) is 3.03. The summed E-state index contributed by atoms with van der Waals surface area (Å²) in [6, 6.07) is 2.02. The largest absolute Gasteiger partial charge is 0.388 e. The van der Waals surface area contributed by atoms with E-state index < -0.39 is 0 Å². The maximum Gasteiger partial charge on any atom is 0.0866 e. The minimum absolute atomic E-state index is 0.0846. The summed E-state index contributed by atoms with van der Waals surface area (Å²) >= 11 is 1.64. The Kier molecular flexibility index (Phi) is 3.67. The third-order valence-electron chi connectivity index (χ3n) is 3.97. The van der Waals surface area contributed by atoms with E-state index in [1.165, 1.54) is 12.8 Å². The molecule has 0 radical (unpaired) electrons. The van der Waals surface area contributed by atoms with Crippen LogP contribution in [0.1, 0.15) is 44.3 Å². The molecule has 1 fully saturated rings. The molecule has 1 aromatic heterocycles. The number of nitrogens with two attached hydrogens (primary N) is 1. The molecule has 2 nitrogen and oxygen atoms in total. The van der Waals surface area contributed by atoms with E-state index in [4.69, 9.17) is 5.73 Å². The van der Waals surface area contributed by atoms with Crippen molar-refractivity contribution < 1.29 is 5.11 Å². The van der Waals surface area contributed by atoms with Gasteiger partial charge in [-0.2, -0.15) is 11.3 Å². The van der Waals surface area contributed by atoms with E-state index in [0.29, 0.717) is 12.5 Å². The minimum Gasteiger partial charge on any atom is -0.388 e. The summed E-state index contributed by atoms with van der Waals surface area (Å²) in [5.41, 5.74) is 6.91. The molecule has 3 heteroatoms. The molecular formula is C13H21NOS. The minimum atomic E-state index is -0.383. The van der Waals surface area contributed by atoms with Crippen LogP contribution in [0.3, 0.4) is 0 Å². The van der Waals surface area contributed by atoms with Crippen LogP contribution < -0.4 is 5.73 Å². The number of hydrogen-bond acceptors (Lipinski definition) is 3. The SMILES string of the molecule is CC1CCCC(CN)(C(O)c2ccsc2)C1. The van der Waals surface area contributed by atoms with Gasteiger partial charge in [0.2, 0.25) is 0 Å². The van der Waals surface area contributed by atoms with Crippen LogP contribution in [0.2, 0.25) is 0 Å². The van der Waals surface area contributed by atoms with Crippen LogP contribution >= 0.6 is 11.3 Å². The molecule has 0 amide bonds. The zero-order valence-electron chi connectivity index (χ0n) is 9.86. The smallest absolute Gasteiger partial charge is 0.0866 e. The van der Waals surface area contributed by atoms with E-state index >= 15 is 0 Å². The number of aliphatic hydroxyl groups is 1.